The number of nitrogens with zero attached hydrogens (tertiary/aromatic N) is 4. The van der Waals surface area contributed by atoms with Crippen LogP contribution in [-0.4, -0.2) is 23.2 Å². The van der Waals surface area contributed by atoms with Crippen LogP contribution in [0.5, 0.6) is 0 Å². The molecule has 2 radical (unpaired) electrons. The molecule has 2 rings (SSSR count). The molecule has 5 nitrogen and oxygen atoms in total. The van der Waals surface area contributed by atoms with Crippen molar-refractivity contribution in [3.63, 3.8) is 0 Å². The number of aryl methyl sites for hydroxylation is 2. The van der Waals surface area contributed by atoms with Gasteiger partial charge in [0.2, 0.25) is 0 Å². The minimum atomic E-state index is 0.163. The predicted molar refractivity (Wildman–Crippen MR) is 86.4 cm³/mol. The molecule has 6 heteroatoms. The minimum Gasteiger partial charge on any atom is -0.565 e. The van der Waals surface area contributed by atoms with E-state index >= 15 is 0 Å². The molecule has 0 aliphatic heterocycles. The first-order chi connectivity index (χ1) is 10.7. The summed E-state index contributed by atoms with van der Waals surface area (Å²) in [6.07, 6.45) is 0. The van der Waals surface area contributed by atoms with E-state index in [4.69, 9.17) is 12.7 Å². The molecule has 0 spiro atoms. The van der Waals surface area contributed by atoms with E-state index in [0.29, 0.717) is 22.8 Å². The molecule has 0 amide bonds. The highest BCUT2D eigenvalue weighted by Gasteiger charge is 2.16. The first-order valence-corrected chi connectivity index (χ1v) is 6.92. The van der Waals surface area contributed by atoms with Crippen LogP contribution in [0.25, 0.3) is 11.3 Å². The molecule has 0 bridgehead atoms. The highest BCUT2D eigenvalue weighted by molar-refractivity contribution is 6.06. The third-order valence-electron chi connectivity index (χ3n) is 2.70. The van der Waals surface area contributed by atoms with E-state index in [2.05, 4.69) is 21.3 Å². The fourth-order valence-electron chi connectivity index (χ4n) is 1.81. The van der Waals surface area contributed by atoms with E-state index in [-0.39, 0.29) is 11.3 Å². The van der Waals surface area contributed by atoms with Crippen LogP contribution in [0.3, 0.4) is 0 Å². The van der Waals surface area contributed by atoms with E-state index < -0.39 is 0 Å². The maximum Gasteiger partial charge on any atom is 0.374 e. The SMILES string of the molecule is CC.[B]OC(=C(C#N)c1ccccc1)c1nnc(C)nc1C. The molecule has 0 saturated carbocycles. The van der Waals surface area contributed by atoms with Crippen LogP contribution in [-0.2, 0) is 4.65 Å². The van der Waals surface area contributed by atoms with E-state index in [1.807, 2.05) is 32.0 Å². The first-order valence-electron chi connectivity index (χ1n) is 6.92. The molecule has 0 fully saturated rings. The monoisotopic (exact) mass is 292 g/mol. The summed E-state index contributed by atoms with van der Waals surface area (Å²) in [5, 5.41) is 17.3. The van der Waals surface area contributed by atoms with Gasteiger partial charge in [0.1, 0.15) is 28.9 Å². The molecule has 2 aromatic rings. The van der Waals surface area contributed by atoms with Crippen LogP contribution in [0.1, 0.15) is 36.6 Å². The van der Waals surface area contributed by atoms with Crippen molar-refractivity contribution in [3.8, 4) is 6.07 Å². The number of allylic oxidation sites excluding steroid dienone is 1. The molecule has 0 saturated heterocycles. The summed E-state index contributed by atoms with van der Waals surface area (Å²) in [7, 11) is 5.32. The van der Waals surface area contributed by atoms with Crippen molar-refractivity contribution in [2.24, 2.45) is 0 Å². The van der Waals surface area contributed by atoms with Gasteiger partial charge in [0.25, 0.3) is 0 Å². The average molecular weight is 292 g/mol. The van der Waals surface area contributed by atoms with Gasteiger partial charge in [0.05, 0.1) is 5.69 Å². The Balaban J connectivity index is 0.00000116. The first kappa shape index (κ1) is 17.4. The van der Waals surface area contributed by atoms with Gasteiger partial charge in [0, 0.05) is 0 Å². The summed E-state index contributed by atoms with van der Waals surface area (Å²) in [5.41, 5.74) is 1.94. The number of rotatable bonds is 3. The molecule has 0 aliphatic carbocycles. The molecule has 0 atom stereocenters. The second kappa shape index (κ2) is 8.58. The van der Waals surface area contributed by atoms with Crippen LogP contribution in [0.4, 0.5) is 0 Å². The van der Waals surface area contributed by atoms with Crippen LogP contribution >= 0.6 is 0 Å². The lowest BCUT2D eigenvalue weighted by Crippen LogP contribution is -2.05. The van der Waals surface area contributed by atoms with Crippen molar-refractivity contribution < 1.29 is 4.65 Å². The number of aromatic nitrogens is 3. The maximum absolute atomic E-state index is 9.38. The van der Waals surface area contributed by atoms with Gasteiger partial charge in [0.15, 0.2) is 0 Å². The van der Waals surface area contributed by atoms with E-state index in [9.17, 15) is 5.26 Å². The van der Waals surface area contributed by atoms with Crippen LogP contribution < -0.4 is 0 Å². The Labute approximate surface area is 132 Å². The molecule has 1 heterocycles. The topological polar surface area (TPSA) is 71.7 Å². The summed E-state index contributed by atoms with van der Waals surface area (Å²) in [6.45, 7) is 7.49. The fourth-order valence-corrected chi connectivity index (χ4v) is 1.81. The molecule has 1 aromatic carbocycles. The molecule has 110 valence electrons. The van der Waals surface area contributed by atoms with E-state index in [0.717, 1.165) is 0 Å². The lowest BCUT2D eigenvalue weighted by molar-refractivity contribution is 0.565. The largest absolute Gasteiger partial charge is 0.565 e. The zero-order chi connectivity index (χ0) is 16.5. The van der Waals surface area contributed by atoms with Gasteiger partial charge in [-0.15, -0.1) is 10.2 Å². The minimum absolute atomic E-state index is 0.163. The zero-order valence-corrected chi connectivity index (χ0v) is 13.2. The molecular weight excluding hydrogens is 275 g/mol. The van der Waals surface area contributed by atoms with Crippen molar-refractivity contribution in [1.82, 2.24) is 15.2 Å². The Kier molecular flexibility index (Phi) is 6.77. The van der Waals surface area contributed by atoms with Gasteiger partial charge in [-0.25, -0.2) is 4.98 Å². The second-order valence-electron chi connectivity index (χ2n) is 4.09. The van der Waals surface area contributed by atoms with Crippen molar-refractivity contribution in [1.29, 1.82) is 5.26 Å². The van der Waals surface area contributed by atoms with Gasteiger partial charge in [-0.05, 0) is 19.4 Å². The van der Waals surface area contributed by atoms with Gasteiger partial charge in [-0.2, -0.15) is 5.26 Å². The Morgan fingerprint density at radius 1 is 1.14 bits per heavy atom. The third-order valence-corrected chi connectivity index (χ3v) is 2.70. The third kappa shape index (κ3) is 3.92. The molecule has 0 unspecified atom stereocenters. The van der Waals surface area contributed by atoms with Crippen molar-refractivity contribution >= 4 is 19.4 Å². The Bertz CT molecular complexity index is 693. The Morgan fingerprint density at radius 3 is 2.27 bits per heavy atom. The number of benzene rings is 1. The van der Waals surface area contributed by atoms with E-state index in [1.54, 1.807) is 26.0 Å². The molecule has 0 aliphatic rings. The molecule has 0 N–H and O–H groups in total. The number of nitriles is 1. The van der Waals surface area contributed by atoms with Crippen LogP contribution in [0, 0.1) is 25.2 Å². The van der Waals surface area contributed by atoms with Crippen LogP contribution in [0.2, 0.25) is 0 Å². The van der Waals surface area contributed by atoms with E-state index in [1.165, 1.54) is 0 Å². The normalized spacial score (nSPS) is 10.7. The summed E-state index contributed by atoms with van der Waals surface area (Å²) < 4.78 is 4.88. The fraction of sp³-hybridized carbons (Fsp3) is 0.250. The number of hydrogen-bond acceptors (Lipinski definition) is 5. The Morgan fingerprint density at radius 2 is 1.77 bits per heavy atom. The van der Waals surface area contributed by atoms with Gasteiger partial charge in [-0.1, -0.05) is 44.2 Å². The van der Waals surface area contributed by atoms with Gasteiger partial charge < -0.3 is 4.65 Å². The second-order valence-corrected chi connectivity index (χ2v) is 4.09. The number of hydrogen-bond donors (Lipinski definition) is 0. The summed E-state index contributed by atoms with van der Waals surface area (Å²) >= 11 is 0. The average Bonchev–Trinajstić information content (AvgIpc) is 2.56. The van der Waals surface area contributed by atoms with Gasteiger partial charge >= 0.3 is 8.05 Å². The summed E-state index contributed by atoms with van der Waals surface area (Å²) in [4.78, 5) is 4.20. The van der Waals surface area contributed by atoms with Crippen LogP contribution in [0.15, 0.2) is 30.3 Å². The van der Waals surface area contributed by atoms with Gasteiger partial charge in [-0.3, -0.25) is 0 Å². The Hall–Kier alpha value is -2.68. The molecule has 1 aromatic heterocycles. The van der Waals surface area contributed by atoms with Crippen molar-refractivity contribution in [3.05, 3.63) is 53.1 Å². The van der Waals surface area contributed by atoms with Crippen molar-refractivity contribution in [2.75, 3.05) is 0 Å². The molecular formula is C16H17BN4O. The van der Waals surface area contributed by atoms with Crippen molar-refractivity contribution in [2.45, 2.75) is 27.7 Å². The highest BCUT2D eigenvalue weighted by Crippen LogP contribution is 2.26. The highest BCUT2D eigenvalue weighted by atomic mass is 16.4. The molecule has 22 heavy (non-hydrogen) atoms. The summed E-state index contributed by atoms with van der Waals surface area (Å²) in [6, 6.07) is 11.2. The maximum atomic E-state index is 9.38. The lowest BCUT2D eigenvalue weighted by atomic mass is 10.0. The predicted octanol–water partition coefficient (Wildman–Crippen LogP) is 3.01. The lowest BCUT2D eigenvalue weighted by Gasteiger charge is -2.11. The zero-order valence-electron chi connectivity index (χ0n) is 13.2. The smallest absolute Gasteiger partial charge is 0.374 e. The quantitative estimate of drug-likeness (QED) is 0.494. The standard InChI is InChI=1S/C14H11BN4O.C2H6/c1-9-13(19-18-10(2)17-9)14(20-15)12(8-16)11-6-4-3-5-7-11;1-2/h3-7H,1-2H3;1-2H3. The summed E-state index contributed by atoms with van der Waals surface area (Å²) in [5.74, 6) is 0.706.